The van der Waals surface area contributed by atoms with Crippen LogP contribution < -0.4 is 5.32 Å². The number of Topliss-reactive ketones (excluding diaryl/α,β-unsaturated/α-hetero) is 1. The van der Waals surface area contributed by atoms with Gasteiger partial charge in [-0.25, -0.2) is 4.79 Å². The molecule has 166 valence electrons. The lowest BCUT2D eigenvalue weighted by Crippen LogP contribution is -2.37. The maximum absolute atomic E-state index is 12.7. The third kappa shape index (κ3) is 5.83. The number of likely N-dealkylation sites (tertiary alicyclic amines) is 1. The molecule has 1 aromatic heterocycles. The number of ketones is 1. The zero-order valence-corrected chi connectivity index (χ0v) is 20.0. The van der Waals surface area contributed by atoms with Crippen LogP contribution in [0.2, 0.25) is 0 Å². The van der Waals surface area contributed by atoms with Gasteiger partial charge in [-0.1, -0.05) is 30.3 Å². The topological polar surface area (TPSA) is 71.5 Å². The average molecular weight is 543 g/mol. The van der Waals surface area contributed by atoms with Crippen LogP contribution in [0.3, 0.4) is 0 Å². The second kappa shape index (κ2) is 10.9. The van der Waals surface area contributed by atoms with E-state index in [1.54, 1.807) is 6.20 Å². The number of benzene rings is 2. The van der Waals surface area contributed by atoms with E-state index in [-0.39, 0.29) is 11.7 Å². The summed E-state index contributed by atoms with van der Waals surface area (Å²) in [5, 5.41) is 3.75. The second-order valence-corrected chi connectivity index (χ2v) is 9.23. The first-order chi connectivity index (χ1) is 15.6. The SMILES string of the molecule is O=C(Nc1cccc2cccnc12)OCCCN1CCC(C(=O)c2ccc(I)cc2)CC1. The number of fused-ring (bicyclic) bond motifs is 1. The summed E-state index contributed by atoms with van der Waals surface area (Å²) >= 11 is 2.25. The Bertz CT molecular complexity index is 1070. The molecule has 0 unspecified atom stereocenters. The van der Waals surface area contributed by atoms with Crippen LogP contribution in [0.4, 0.5) is 10.5 Å². The molecule has 1 amide bonds. The fraction of sp³-hybridized carbons (Fsp3) is 0.320. The molecule has 0 radical (unpaired) electrons. The van der Waals surface area contributed by atoms with Crippen molar-refractivity contribution in [2.24, 2.45) is 5.92 Å². The highest BCUT2D eigenvalue weighted by molar-refractivity contribution is 14.1. The molecule has 2 aromatic carbocycles. The molecule has 1 aliphatic rings. The molecule has 0 saturated carbocycles. The zero-order valence-electron chi connectivity index (χ0n) is 17.8. The van der Waals surface area contributed by atoms with Gasteiger partial charge < -0.3 is 9.64 Å². The largest absolute Gasteiger partial charge is 0.449 e. The summed E-state index contributed by atoms with van der Waals surface area (Å²) in [5.74, 6) is 0.353. The molecule has 1 saturated heterocycles. The average Bonchev–Trinajstić information content (AvgIpc) is 2.82. The van der Waals surface area contributed by atoms with Crippen molar-refractivity contribution < 1.29 is 14.3 Å². The lowest BCUT2D eigenvalue weighted by molar-refractivity contribution is 0.0830. The third-order valence-electron chi connectivity index (χ3n) is 5.81. The van der Waals surface area contributed by atoms with Crippen LogP contribution in [0.15, 0.2) is 60.8 Å². The molecule has 1 fully saturated rings. The zero-order chi connectivity index (χ0) is 22.3. The van der Waals surface area contributed by atoms with Gasteiger partial charge in [0.1, 0.15) is 0 Å². The monoisotopic (exact) mass is 543 g/mol. The van der Waals surface area contributed by atoms with Gasteiger partial charge in [0, 0.05) is 33.2 Å². The molecule has 32 heavy (non-hydrogen) atoms. The minimum atomic E-state index is -0.468. The van der Waals surface area contributed by atoms with Crippen molar-refractivity contribution >= 4 is 51.1 Å². The maximum atomic E-state index is 12.7. The molecule has 7 heteroatoms. The van der Waals surface area contributed by atoms with E-state index in [1.807, 2.05) is 54.6 Å². The maximum Gasteiger partial charge on any atom is 0.411 e. The molecule has 4 rings (SSSR count). The van der Waals surface area contributed by atoms with Gasteiger partial charge in [0.25, 0.3) is 0 Å². The van der Waals surface area contributed by atoms with E-state index in [0.717, 1.165) is 58.9 Å². The van der Waals surface area contributed by atoms with Crippen LogP contribution in [-0.4, -0.2) is 48.0 Å². The van der Waals surface area contributed by atoms with Crippen molar-refractivity contribution in [2.45, 2.75) is 19.3 Å². The number of halogens is 1. The number of nitrogens with zero attached hydrogens (tertiary/aromatic N) is 2. The molecular formula is C25H26IN3O3. The van der Waals surface area contributed by atoms with Crippen molar-refractivity contribution in [3.8, 4) is 0 Å². The van der Waals surface area contributed by atoms with Gasteiger partial charge in [-0.05, 0) is 79.2 Å². The van der Waals surface area contributed by atoms with Crippen molar-refractivity contribution in [1.82, 2.24) is 9.88 Å². The van der Waals surface area contributed by atoms with Crippen molar-refractivity contribution in [3.05, 3.63) is 69.9 Å². The Labute approximate surface area is 201 Å². The normalized spacial score (nSPS) is 14.9. The molecule has 0 atom stereocenters. The number of nitrogens with one attached hydrogen (secondary N) is 1. The fourth-order valence-electron chi connectivity index (χ4n) is 4.07. The number of pyridine rings is 1. The highest BCUT2D eigenvalue weighted by Gasteiger charge is 2.25. The number of aromatic nitrogens is 1. The van der Waals surface area contributed by atoms with Crippen LogP contribution in [0.5, 0.6) is 0 Å². The predicted octanol–water partition coefficient (Wildman–Crippen LogP) is 5.37. The lowest BCUT2D eigenvalue weighted by Gasteiger charge is -2.31. The van der Waals surface area contributed by atoms with E-state index in [2.05, 4.69) is 37.8 Å². The predicted molar refractivity (Wildman–Crippen MR) is 134 cm³/mol. The number of rotatable bonds is 7. The molecule has 1 aliphatic heterocycles. The van der Waals surface area contributed by atoms with E-state index >= 15 is 0 Å². The second-order valence-electron chi connectivity index (χ2n) is 7.98. The first-order valence-electron chi connectivity index (χ1n) is 10.9. The number of amides is 1. The number of carbonyl (C=O) groups excluding carboxylic acids is 2. The summed E-state index contributed by atoms with van der Waals surface area (Å²) in [6.07, 6.45) is 3.75. The standard InChI is InChI=1S/C25H26IN3O3/c26-21-9-7-19(8-10-21)24(30)20-11-15-29(16-12-20)14-3-17-32-25(31)28-22-6-1-4-18-5-2-13-27-23(18)22/h1-2,4-10,13,20H,3,11-12,14-17H2,(H,28,31). The number of hydrogen-bond donors (Lipinski definition) is 1. The highest BCUT2D eigenvalue weighted by Crippen LogP contribution is 2.23. The molecule has 0 spiro atoms. The van der Waals surface area contributed by atoms with Gasteiger partial charge in [-0.2, -0.15) is 0 Å². The Morgan fingerprint density at radius 3 is 2.59 bits per heavy atom. The van der Waals surface area contributed by atoms with E-state index in [4.69, 9.17) is 4.74 Å². The van der Waals surface area contributed by atoms with Gasteiger partial charge in [-0.15, -0.1) is 0 Å². The molecule has 0 aliphatic carbocycles. The highest BCUT2D eigenvalue weighted by atomic mass is 127. The van der Waals surface area contributed by atoms with Crippen LogP contribution in [-0.2, 0) is 4.74 Å². The quantitative estimate of drug-likeness (QED) is 0.247. The van der Waals surface area contributed by atoms with Crippen molar-refractivity contribution in [3.63, 3.8) is 0 Å². The number of para-hydroxylation sites is 1. The van der Waals surface area contributed by atoms with Crippen LogP contribution >= 0.6 is 22.6 Å². The van der Waals surface area contributed by atoms with Crippen LogP contribution in [0, 0.1) is 9.49 Å². The molecule has 6 nitrogen and oxygen atoms in total. The Kier molecular flexibility index (Phi) is 7.70. The summed E-state index contributed by atoms with van der Waals surface area (Å²) in [6, 6.07) is 17.3. The Hall–Kier alpha value is -2.52. The Morgan fingerprint density at radius 2 is 1.81 bits per heavy atom. The van der Waals surface area contributed by atoms with Gasteiger partial charge in [-0.3, -0.25) is 15.1 Å². The van der Waals surface area contributed by atoms with E-state index < -0.39 is 6.09 Å². The molecular weight excluding hydrogens is 517 g/mol. The molecule has 3 aromatic rings. The summed E-state index contributed by atoms with van der Waals surface area (Å²) in [7, 11) is 0. The van der Waals surface area contributed by atoms with Gasteiger partial charge in [0.15, 0.2) is 5.78 Å². The molecule has 0 bridgehead atoms. The van der Waals surface area contributed by atoms with E-state index in [0.29, 0.717) is 12.3 Å². The Balaban J connectivity index is 1.16. The van der Waals surface area contributed by atoms with Crippen molar-refractivity contribution in [1.29, 1.82) is 0 Å². The van der Waals surface area contributed by atoms with E-state index in [1.165, 1.54) is 0 Å². The number of piperidine rings is 1. The van der Waals surface area contributed by atoms with Crippen LogP contribution in [0.1, 0.15) is 29.6 Å². The lowest BCUT2D eigenvalue weighted by atomic mass is 9.89. The molecule has 2 heterocycles. The fourth-order valence-corrected chi connectivity index (χ4v) is 4.43. The minimum Gasteiger partial charge on any atom is -0.449 e. The summed E-state index contributed by atoms with van der Waals surface area (Å²) in [4.78, 5) is 31.5. The van der Waals surface area contributed by atoms with Gasteiger partial charge in [0.2, 0.25) is 0 Å². The summed E-state index contributed by atoms with van der Waals surface area (Å²) in [5.41, 5.74) is 2.20. The number of ether oxygens (including phenoxy) is 1. The van der Waals surface area contributed by atoms with E-state index in [9.17, 15) is 9.59 Å². The van der Waals surface area contributed by atoms with Gasteiger partial charge in [0.05, 0.1) is 17.8 Å². The first-order valence-corrected chi connectivity index (χ1v) is 12.0. The summed E-state index contributed by atoms with van der Waals surface area (Å²) in [6.45, 7) is 3.00. The third-order valence-corrected chi connectivity index (χ3v) is 6.53. The Morgan fingerprint density at radius 1 is 1.06 bits per heavy atom. The number of hydrogen-bond acceptors (Lipinski definition) is 5. The smallest absolute Gasteiger partial charge is 0.411 e. The summed E-state index contributed by atoms with van der Waals surface area (Å²) < 4.78 is 6.49. The first kappa shape index (κ1) is 22.7. The minimum absolute atomic E-state index is 0.0997. The van der Waals surface area contributed by atoms with Gasteiger partial charge >= 0.3 is 6.09 Å². The van der Waals surface area contributed by atoms with Crippen LogP contribution in [0.25, 0.3) is 10.9 Å². The van der Waals surface area contributed by atoms with Crippen molar-refractivity contribution in [2.75, 3.05) is 31.6 Å². The number of carbonyl (C=O) groups is 2. The molecule has 1 N–H and O–H groups in total. The number of anilines is 1.